The van der Waals surface area contributed by atoms with Gasteiger partial charge in [-0.15, -0.1) is 0 Å². The van der Waals surface area contributed by atoms with Crippen molar-refractivity contribution in [2.75, 3.05) is 33.3 Å². The average Bonchev–Trinajstić information content (AvgIpc) is 3.00. The third kappa shape index (κ3) is 5.57. The molecule has 8 nitrogen and oxygen atoms in total. The summed E-state index contributed by atoms with van der Waals surface area (Å²) in [5, 5.41) is 6.47. The van der Waals surface area contributed by atoms with E-state index in [1.54, 1.807) is 45.6 Å². The van der Waals surface area contributed by atoms with Crippen molar-refractivity contribution < 1.29 is 28.5 Å². The summed E-state index contributed by atoms with van der Waals surface area (Å²) in [4.78, 5) is 28.0. The van der Waals surface area contributed by atoms with Crippen LogP contribution in [0, 0.1) is 0 Å². The van der Waals surface area contributed by atoms with Gasteiger partial charge in [0, 0.05) is 40.2 Å². The van der Waals surface area contributed by atoms with Crippen LogP contribution in [0.15, 0.2) is 89.3 Å². The Hall–Kier alpha value is -4.72. The Labute approximate surface area is 246 Å². The number of anilines is 1. The van der Waals surface area contributed by atoms with Gasteiger partial charge in [-0.3, -0.25) is 9.59 Å². The fourth-order valence-corrected chi connectivity index (χ4v) is 5.87. The van der Waals surface area contributed by atoms with Crippen LogP contribution in [0.5, 0.6) is 23.0 Å². The Kier molecular flexibility index (Phi) is 8.52. The van der Waals surface area contributed by atoms with Gasteiger partial charge in [-0.2, -0.15) is 0 Å². The van der Waals surface area contributed by atoms with Crippen LogP contribution in [-0.4, -0.2) is 39.6 Å². The van der Waals surface area contributed by atoms with Crippen molar-refractivity contribution in [3.8, 4) is 23.0 Å². The first-order chi connectivity index (χ1) is 20.4. The van der Waals surface area contributed by atoms with Gasteiger partial charge in [0.25, 0.3) is 5.91 Å². The summed E-state index contributed by atoms with van der Waals surface area (Å²) in [5.41, 5.74) is 4.99. The van der Waals surface area contributed by atoms with Gasteiger partial charge in [-0.05, 0) is 74.2 Å². The molecular weight excluding hydrogens is 532 g/mol. The molecule has 1 amide bonds. The van der Waals surface area contributed by atoms with E-state index in [-0.39, 0.29) is 17.6 Å². The van der Waals surface area contributed by atoms with E-state index in [4.69, 9.17) is 18.9 Å². The lowest BCUT2D eigenvalue weighted by molar-refractivity contribution is -0.116. The molecule has 0 saturated carbocycles. The fourth-order valence-electron chi connectivity index (χ4n) is 5.87. The van der Waals surface area contributed by atoms with Crippen LogP contribution in [0.4, 0.5) is 5.69 Å². The summed E-state index contributed by atoms with van der Waals surface area (Å²) in [5.74, 6) is 1.64. The molecule has 218 valence electrons. The van der Waals surface area contributed by atoms with E-state index in [1.165, 1.54) is 0 Å². The Morgan fingerprint density at radius 2 is 1.64 bits per heavy atom. The number of ether oxygens (including phenoxy) is 4. The average molecular weight is 569 g/mol. The number of hydrogen-bond acceptors (Lipinski definition) is 7. The van der Waals surface area contributed by atoms with Crippen LogP contribution in [0.25, 0.3) is 0 Å². The number of para-hydroxylation sites is 1. The number of carbonyl (C=O) groups excluding carboxylic acids is 2. The Balaban J connectivity index is 1.56. The third-order valence-corrected chi connectivity index (χ3v) is 7.83. The monoisotopic (exact) mass is 568 g/mol. The molecule has 2 atom stereocenters. The molecule has 0 radical (unpaired) electrons. The van der Waals surface area contributed by atoms with Crippen LogP contribution in [0.2, 0.25) is 0 Å². The molecule has 1 heterocycles. The van der Waals surface area contributed by atoms with Crippen molar-refractivity contribution in [2.24, 2.45) is 0 Å². The van der Waals surface area contributed by atoms with Gasteiger partial charge in [0.05, 0.1) is 33.9 Å². The zero-order valence-corrected chi connectivity index (χ0v) is 24.6. The molecule has 0 fully saturated rings. The Morgan fingerprint density at radius 3 is 2.33 bits per heavy atom. The van der Waals surface area contributed by atoms with E-state index in [1.807, 2.05) is 56.3 Å². The van der Waals surface area contributed by atoms with Crippen LogP contribution >= 0.6 is 0 Å². The zero-order valence-electron chi connectivity index (χ0n) is 24.6. The highest BCUT2D eigenvalue weighted by Crippen LogP contribution is 2.48. The molecule has 42 heavy (non-hydrogen) atoms. The number of Topliss-reactive ketones (excluding diaryl/α,β-unsaturated/α-hetero) is 1. The van der Waals surface area contributed by atoms with Gasteiger partial charge in [-0.25, -0.2) is 0 Å². The largest absolute Gasteiger partial charge is 0.497 e. The van der Waals surface area contributed by atoms with Crippen molar-refractivity contribution in [1.82, 2.24) is 5.32 Å². The minimum Gasteiger partial charge on any atom is -0.497 e. The maximum Gasteiger partial charge on any atom is 0.254 e. The molecule has 1 aliphatic carbocycles. The molecule has 0 bridgehead atoms. The van der Waals surface area contributed by atoms with Crippen molar-refractivity contribution in [2.45, 2.75) is 38.5 Å². The van der Waals surface area contributed by atoms with E-state index in [0.717, 1.165) is 16.8 Å². The molecule has 0 unspecified atom stereocenters. The Bertz CT molecular complexity index is 1560. The summed E-state index contributed by atoms with van der Waals surface area (Å²) in [6.45, 7) is 4.26. The molecular formula is C34H36N2O6. The molecule has 2 aliphatic rings. The van der Waals surface area contributed by atoms with E-state index < -0.39 is 5.92 Å². The number of benzene rings is 3. The van der Waals surface area contributed by atoms with Crippen molar-refractivity contribution >= 4 is 17.4 Å². The Morgan fingerprint density at radius 1 is 0.905 bits per heavy atom. The molecule has 5 rings (SSSR count). The second kappa shape index (κ2) is 12.4. The predicted octanol–water partition coefficient (Wildman–Crippen LogP) is 6.11. The lowest BCUT2D eigenvalue weighted by Crippen LogP contribution is -2.37. The van der Waals surface area contributed by atoms with E-state index >= 15 is 0 Å². The molecule has 1 aliphatic heterocycles. The standard InChI is InChI=1S/C34H36N2O6/c1-6-42-28-10-8-7-9-25(28)32-31(34(38)36-23-12-14-24(39-3)15-13-23)20(2)35-26-17-22(18-27(37)33(26)32)21-11-16-29(40-4)30(19-21)41-5/h7-16,19,22,32,35H,6,17-18H2,1-5H3,(H,36,38)/t22-,32-/m1/s1. The van der Waals surface area contributed by atoms with E-state index in [2.05, 4.69) is 10.6 Å². The van der Waals surface area contributed by atoms with E-state index in [0.29, 0.717) is 65.0 Å². The highest BCUT2D eigenvalue weighted by molar-refractivity contribution is 6.10. The number of ketones is 1. The highest BCUT2D eigenvalue weighted by Gasteiger charge is 2.42. The number of allylic oxidation sites excluding steroid dienone is 3. The highest BCUT2D eigenvalue weighted by atomic mass is 16.5. The summed E-state index contributed by atoms with van der Waals surface area (Å²) >= 11 is 0. The molecule has 3 aromatic rings. The summed E-state index contributed by atoms with van der Waals surface area (Å²) < 4.78 is 22.2. The topological polar surface area (TPSA) is 95.1 Å². The first kappa shape index (κ1) is 28.8. The minimum atomic E-state index is -0.596. The lowest BCUT2D eigenvalue weighted by Gasteiger charge is -2.37. The first-order valence-electron chi connectivity index (χ1n) is 14.0. The number of rotatable bonds is 9. The number of amides is 1. The SMILES string of the molecule is CCOc1ccccc1[C@@H]1C(C(=O)Nc2ccc(OC)cc2)=C(C)NC2=C1C(=O)C[C@H](c1ccc(OC)c(OC)c1)C2. The van der Waals surface area contributed by atoms with Gasteiger partial charge in [0.1, 0.15) is 11.5 Å². The van der Waals surface area contributed by atoms with Crippen molar-refractivity contribution in [1.29, 1.82) is 0 Å². The molecule has 0 aromatic heterocycles. The molecule has 2 N–H and O–H groups in total. The van der Waals surface area contributed by atoms with Crippen molar-refractivity contribution in [3.05, 3.63) is 100 Å². The maximum atomic E-state index is 14.1. The van der Waals surface area contributed by atoms with Gasteiger partial charge < -0.3 is 29.6 Å². The second-order valence-electron chi connectivity index (χ2n) is 10.3. The van der Waals surface area contributed by atoms with Gasteiger partial charge in [0.2, 0.25) is 0 Å². The number of carbonyl (C=O) groups is 2. The molecule has 0 spiro atoms. The zero-order chi connectivity index (χ0) is 29.8. The molecule has 3 aromatic carbocycles. The first-order valence-corrected chi connectivity index (χ1v) is 14.0. The lowest BCUT2D eigenvalue weighted by atomic mass is 9.71. The smallest absolute Gasteiger partial charge is 0.254 e. The van der Waals surface area contributed by atoms with Gasteiger partial charge >= 0.3 is 0 Å². The van der Waals surface area contributed by atoms with Crippen LogP contribution in [0.3, 0.4) is 0 Å². The van der Waals surface area contributed by atoms with E-state index in [9.17, 15) is 9.59 Å². The van der Waals surface area contributed by atoms with Gasteiger partial charge in [-0.1, -0.05) is 24.3 Å². The molecule has 8 heteroatoms. The summed E-state index contributed by atoms with van der Waals surface area (Å²) in [6, 6.07) is 20.6. The quantitative estimate of drug-likeness (QED) is 0.322. The second-order valence-corrected chi connectivity index (χ2v) is 10.3. The fraction of sp³-hybridized carbons (Fsp3) is 0.294. The predicted molar refractivity (Wildman–Crippen MR) is 161 cm³/mol. The number of hydrogen-bond donors (Lipinski definition) is 2. The maximum absolute atomic E-state index is 14.1. The van der Waals surface area contributed by atoms with Gasteiger partial charge in [0.15, 0.2) is 17.3 Å². The molecule has 0 saturated heterocycles. The van der Waals surface area contributed by atoms with Crippen molar-refractivity contribution in [3.63, 3.8) is 0 Å². The summed E-state index contributed by atoms with van der Waals surface area (Å²) in [7, 11) is 4.80. The number of dihydropyridines is 1. The normalized spacial score (nSPS) is 18.2. The minimum absolute atomic E-state index is 0.0120. The van der Waals surface area contributed by atoms with Crippen LogP contribution in [-0.2, 0) is 9.59 Å². The third-order valence-electron chi connectivity index (χ3n) is 7.83. The summed E-state index contributed by atoms with van der Waals surface area (Å²) in [6.07, 6.45) is 0.907. The number of methoxy groups -OCH3 is 3. The number of nitrogens with one attached hydrogen (secondary N) is 2. The van der Waals surface area contributed by atoms with Crippen LogP contribution in [0.1, 0.15) is 49.7 Å². The van der Waals surface area contributed by atoms with Crippen LogP contribution < -0.4 is 29.6 Å².